The second-order valence-corrected chi connectivity index (χ2v) is 6.92. The molecule has 2 aromatic heterocycles. The van der Waals surface area contributed by atoms with Crippen LogP contribution < -0.4 is 10.1 Å². The van der Waals surface area contributed by atoms with Gasteiger partial charge in [0.2, 0.25) is 5.13 Å². The standard InChI is InChI=1S/C16H13ClN4O2S/c17-11-5-6-12(14-10(11)2-1-7-18-14)23-8-13(22)19-16-21-20-15(24-16)9-3-4-9/h1-2,5-7,9H,3-4,8H2,(H,19,21,22). The Bertz CT molecular complexity index is 910. The third-order valence-corrected chi connectivity index (χ3v) is 4.98. The molecule has 1 amide bonds. The largest absolute Gasteiger partial charge is 0.481 e. The second-order valence-electron chi connectivity index (χ2n) is 5.50. The molecule has 0 atom stereocenters. The van der Waals surface area contributed by atoms with E-state index in [4.69, 9.17) is 16.3 Å². The fourth-order valence-corrected chi connectivity index (χ4v) is 3.45. The highest BCUT2D eigenvalue weighted by Gasteiger charge is 2.27. The van der Waals surface area contributed by atoms with Crippen molar-refractivity contribution in [1.29, 1.82) is 0 Å². The summed E-state index contributed by atoms with van der Waals surface area (Å²) in [6.07, 6.45) is 3.97. The lowest BCUT2D eigenvalue weighted by Gasteiger charge is -2.09. The molecule has 8 heteroatoms. The maximum Gasteiger partial charge on any atom is 0.264 e. The van der Waals surface area contributed by atoms with Gasteiger partial charge in [0.1, 0.15) is 16.3 Å². The summed E-state index contributed by atoms with van der Waals surface area (Å²) in [6, 6.07) is 7.10. The number of nitrogens with zero attached hydrogens (tertiary/aromatic N) is 3. The summed E-state index contributed by atoms with van der Waals surface area (Å²) in [7, 11) is 0. The number of carbonyl (C=O) groups excluding carboxylic acids is 1. The van der Waals surface area contributed by atoms with Crippen molar-refractivity contribution >= 4 is 44.9 Å². The Balaban J connectivity index is 1.42. The van der Waals surface area contributed by atoms with E-state index in [1.165, 1.54) is 11.3 Å². The van der Waals surface area contributed by atoms with Gasteiger partial charge in [0.15, 0.2) is 6.61 Å². The maximum absolute atomic E-state index is 12.0. The molecule has 0 aliphatic heterocycles. The highest BCUT2D eigenvalue weighted by Crippen LogP contribution is 2.42. The fraction of sp³-hybridized carbons (Fsp3) is 0.250. The maximum atomic E-state index is 12.0. The van der Waals surface area contributed by atoms with Crippen LogP contribution >= 0.6 is 22.9 Å². The first-order valence-corrected chi connectivity index (χ1v) is 8.69. The number of hydrogen-bond acceptors (Lipinski definition) is 6. The molecule has 0 radical (unpaired) electrons. The molecule has 122 valence electrons. The van der Waals surface area contributed by atoms with E-state index < -0.39 is 0 Å². The third-order valence-electron chi connectivity index (χ3n) is 3.65. The summed E-state index contributed by atoms with van der Waals surface area (Å²) in [4.78, 5) is 16.3. The van der Waals surface area contributed by atoms with Gasteiger partial charge in [-0.25, -0.2) is 0 Å². The molecule has 4 rings (SSSR count). The quantitative estimate of drug-likeness (QED) is 0.751. The van der Waals surface area contributed by atoms with Crippen LogP contribution in [0, 0.1) is 0 Å². The molecule has 0 spiro atoms. The number of anilines is 1. The average molecular weight is 361 g/mol. The van der Waals surface area contributed by atoms with Gasteiger partial charge in [0.05, 0.1) is 5.02 Å². The van der Waals surface area contributed by atoms with Gasteiger partial charge in [-0.1, -0.05) is 22.9 Å². The molecule has 6 nitrogen and oxygen atoms in total. The SMILES string of the molecule is O=C(COc1ccc(Cl)c2cccnc12)Nc1nnc(C2CC2)s1. The Labute approximate surface area is 146 Å². The van der Waals surface area contributed by atoms with E-state index >= 15 is 0 Å². The van der Waals surface area contributed by atoms with Crippen LogP contribution in [-0.4, -0.2) is 27.7 Å². The van der Waals surface area contributed by atoms with Crippen LogP contribution in [0.4, 0.5) is 5.13 Å². The summed E-state index contributed by atoms with van der Waals surface area (Å²) in [5.41, 5.74) is 0.629. The van der Waals surface area contributed by atoms with Crippen molar-refractivity contribution in [3.8, 4) is 5.75 Å². The Hall–Kier alpha value is -2.25. The zero-order valence-corrected chi connectivity index (χ0v) is 14.1. The minimum Gasteiger partial charge on any atom is -0.481 e. The van der Waals surface area contributed by atoms with Gasteiger partial charge in [0.25, 0.3) is 5.91 Å². The molecular weight excluding hydrogens is 348 g/mol. The number of hydrogen-bond donors (Lipinski definition) is 1. The van der Waals surface area contributed by atoms with Crippen LogP contribution in [0.1, 0.15) is 23.8 Å². The molecule has 1 N–H and O–H groups in total. The number of amides is 1. The van der Waals surface area contributed by atoms with Crippen LogP contribution in [0.5, 0.6) is 5.75 Å². The van der Waals surface area contributed by atoms with Crippen molar-refractivity contribution in [2.75, 3.05) is 11.9 Å². The highest BCUT2D eigenvalue weighted by atomic mass is 35.5. The molecule has 3 aromatic rings. The first-order valence-electron chi connectivity index (χ1n) is 7.50. The lowest BCUT2D eigenvalue weighted by Crippen LogP contribution is -2.20. The van der Waals surface area contributed by atoms with Gasteiger partial charge in [-0.15, -0.1) is 10.2 Å². The number of benzene rings is 1. The van der Waals surface area contributed by atoms with E-state index in [-0.39, 0.29) is 12.5 Å². The third kappa shape index (κ3) is 3.18. The van der Waals surface area contributed by atoms with Crippen LogP contribution in [0.3, 0.4) is 0 Å². The number of carbonyl (C=O) groups is 1. The second kappa shape index (κ2) is 6.33. The molecule has 1 aromatic carbocycles. The summed E-state index contributed by atoms with van der Waals surface area (Å²) in [5, 5.41) is 13.7. The molecule has 0 unspecified atom stereocenters. The van der Waals surface area contributed by atoms with Crippen LogP contribution in [0.15, 0.2) is 30.5 Å². The van der Waals surface area contributed by atoms with Crippen LogP contribution in [0.25, 0.3) is 10.9 Å². The van der Waals surface area contributed by atoms with Crippen LogP contribution in [-0.2, 0) is 4.79 Å². The molecule has 1 saturated carbocycles. The molecule has 1 aliphatic rings. The number of fused-ring (bicyclic) bond motifs is 1. The molecule has 0 bridgehead atoms. The number of rotatable bonds is 5. The topological polar surface area (TPSA) is 77.0 Å². The zero-order chi connectivity index (χ0) is 16.5. The number of aromatic nitrogens is 3. The average Bonchev–Trinajstić information content (AvgIpc) is 3.35. The smallest absolute Gasteiger partial charge is 0.264 e. The molecule has 0 saturated heterocycles. The Morgan fingerprint density at radius 3 is 3.04 bits per heavy atom. The van der Waals surface area contributed by atoms with E-state index in [1.54, 1.807) is 24.4 Å². The molecule has 2 heterocycles. The highest BCUT2D eigenvalue weighted by molar-refractivity contribution is 7.15. The normalized spacial score (nSPS) is 13.9. The van der Waals surface area contributed by atoms with Gasteiger partial charge >= 0.3 is 0 Å². The zero-order valence-electron chi connectivity index (χ0n) is 12.5. The predicted molar refractivity (Wildman–Crippen MR) is 92.8 cm³/mol. The van der Waals surface area contributed by atoms with Gasteiger partial charge in [-0.3, -0.25) is 15.1 Å². The number of halogens is 1. The Kier molecular flexibility index (Phi) is 4.03. The molecule has 1 fully saturated rings. The number of ether oxygens (including phenoxy) is 1. The summed E-state index contributed by atoms with van der Waals surface area (Å²) < 4.78 is 5.60. The minimum absolute atomic E-state index is 0.133. The lowest BCUT2D eigenvalue weighted by molar-refractivity contribution is -0.118. The number of pyridine rings is 1. The number of nitrogens with one attached hydrogen (secondary N) is 1. The van der Waals surface area contributed by atoms with E-state index in [0.717, 1.165) is 23.2 Å². The van der Waals surface area contributed by atoms with Crippen molar-refractivity contribution in [1.82, 2.24) is 15.2 Å². The first kappa shape index (κ1) is 15.3. The van der Waals surface area contributed by atoms with E-state index in [0.29, 0.717) is 27.3 Å². The molecular formula is C16H13ClN4O2S. The minimum atomic E-state index is -0.285. The van der Waals surface area contributed by atoms with Crippen molar-refractivity contribution in [2.24, 2.45) is 0 Å². The van der Waals surface area contributed by atoms with Crippen molar-refractivity contribution in [2.45, 2.75) is 18.8 Å². The predicted octanol–water partition coefficient (Wildman–Crippen LogP) is 3.63. The fourth-order valence-electron chi connectivity index (χ4n) is 2.31. The monoisotopic (exact) mass is 360 g/mol. The van der Waals surface area contributed by atoms with Gasteiger partial charge in [-0.05, 0) is 37.1 Å². The van der Waals surface area contributed by atoms with Gasteiger partial charge in [-0.2, -0.15) is 0 Å². The lowest BCUT2D eigenvalue weighted by atomic mass is 10.2. The van der Waals surface area contributed by atoms with Gasteiger partial charge in [0, 0.05) is 17.5 Å². The van der Waals surface area contributed by atoms with Crippen molar-refractivity contribution in [3.63, 3.8) is 0 Å². The van der Waals surface area contributed by atoms with Crippen molar-refractivity contribution < 1.29 is 9.53 Å². The summed E-state index contributed by atoms with van der Waals surface area (Å²) in [6.45, 7) is -0.133. The summed E-state index contributed by atoms with van der Waals surface area (Å²) >= 11 is 7.56. The van der Waals surface area contributed by atoms with Crippen molar-refractivity contribution in [3.05, 3.63) is 40.5 Å². The Morgan fingerprint density at radius 2 is 2.21 bits per heavy atom. The van der Waals surface area contributed by atoms with E-state index in [2.05, 4.69) is 20.5 Å². The van der Waals surface area contributed by atoms with E-state index in [1.807, 2.05) is 6.07 Å². The van der Waals surface area contributed by atoms with Crippen LogP contribution in [0.2, 0.25) is 5.02 Å². The first-order chi connectivity index (χ1) is 11.7. The molecule has 1 aliphatic carbocycles. The Morgan fingerprint density at radius 1 is 1.33 bits per heavy atom. The van der Waals surface area contributed by atoms with E-state index in [9.17, 15) is 4.79 Å². The summed E-state index contributed by atoms with van der Waals surface area (Å²) in [5.74, 6) is 0.754. The molecule has 24 heavy (non-hydrogen) atoms. The van der Waals surface area contributed by atoms with Gasteiger partial charge < -0.3 is 4.74 Å².